The summed E-state index contributed by atoms with van der Waals surface area (Å²) < 4.78 is 5.09. The van der Waals surface area contributed by atoms with Gasteiger partial charge in [0.05, 0.1) is 12.6 Å². The fourth-order valence-electron chi connectivity index (χ4n) is 1.10. The van der Waals surface area contributed by atoms with Crippen molar-refractivity contribution >= 4 is 11.9 Å². The molecule has 0 bridgehead atoms. The minimum absolute atomic E-state index is 0.0262. The number of rotatable bonds is 4. The number of hydrogen-bond acceptors (Lipinski definition) is 6. The number of nitrogens with one attached hydrogen (secondary N) is 1. The van der Waals surface area contributed by atoms with Gasteiger partial charge in [0, 0.05) is 12.7 Å². The van der Waals surface area contributed by atoms with Gasteiger partial charge in [-0.05, 0) is 20.8 Å². The lowest BCUT2D eigenvalue weighted by molar-refractivity contribution is -0.154. The van der Waals surface area contributed by atoms with Gasteiger partial charge in [0.15, 0.2) is 0 Å². The molecule has 0 spiro atoms. The van der Waals surface area contributed by atoms with Gasteiger partial charge >= 0.3 is 5.97 Å². The van der Waals surface area contributed by atoms with Crippen LogP contribution in [-0.4, -0.2) is 39.2 Å². The Bertz CT molecular complexity index is 414. The van der Waals surface area contributed by atoms with Crippen molar-refractivity contribution in [3.8, 4) is 0 Å². The third kappa shape index (κ3) is 5.33. The molecule has 0 aliphatic rings. The summed E-state index contributed by atoms with van der Waals surface area (Å²) in [5.41, 5.74) is -0.520. The number of amides is 1. The summed E-state index contributed by atoms with van der Waals surface area (Å²) in [6.07, 6.45) is 2.84. The largest absolute Gasteiger partial charge is 0.460 e. The molecule has 0 aliphatic carbocycles. The summed E-state index contributed by atoms with van der Waals surface area (Å²) in [5, 5.41) is 9.59. The standard InChI is InChI=1S/C11H16N4O3/c1-11(2,3)18-8(16)4-5-13-10(17)9-12-6-7-14-15-9/h6-7H,4-5H2,1-3H3,(H,13,17). The smallest absolute Gasteiger partial charge is 0.308 e. The first-order valence-corrected chi connectivity index (χ1v) is 5.52. The highest BCUT2D eigenvalue weighted by molar-refractivity contribution is 5.90. The zero-order valence-electron chi connectivity index (χ0n) is 10.6. The Morgan fingerprint density at radius 1 is 1.33 bits per heavy atom. The van der Waals surface area contributed by atoms with Crippen molar-refractivity contribution in [2.75, 3.05) is 6.54 Å². The number of carbonyl (C=O) groups excluding carboxylic acids is 2. The Hall–Kier alpha value is -2.05. The van der Waals surface area contributed by atoms with Gasteiger partial charge in [-0.3, -0.25) is 9.59 Å². The quantitative estimate of drug-likeness (QED) is 0.776. The molecule has 0 saturated carbocycles. The van der Waals surface area contributed by atoms with E-state index in [9.17, 15) is 9.59 Å². The third-order valence-corrected chi connectivity index (χ3v) is 1.72. The van der Waals surface area contributed by atoms with E-state index in [1.807, 2.05) is 0 Å². The van der Waals surface area contributed by atoms with E-state index >= 15 is 0 Å². The van der Waals surface area contributed by atoms with Gasteiger partial charge in [-0.2, -0.15) is 5.10 Å². The van der Waals surface area contributed by atoms with Gasteiger partial charge < -0.3 is 10.1 Å². The topological polar surface area (TPSA) is 94.1 Å². The van der Waals surface area contributed by atoms with Gasteiger partial charge in [-0.25, -0.2) is 4.98 Å². The minimum atomic E-state index is -0.520. The van der Waals surface area contributed by atoms with Crippen LogP contribution in [0.2, 0.25) is 0 Å². The molecule has 1 N–H and O–H groups in total. The molecule has 1 amide bonds. The van der Waals surface area contributed by atoms with Crippen LogP contribution in [0.3, 0.4) is 0 Å². The fourth-order valence-corrected chi connectivity index (χ4v) is 1.10. The Morgan fingerprint density at radius 3 is 2.61 bits per heavy atom. The normalized spacial score (nSPS) is 10.8. The van der Waals surface area contributed by atoms with E-state index in [0.29, 0.717) is 0 Å². The van der Waals surface area contributed by atoms with Crippen LogP contribution >= 0.6 is 0 Å². The number of nitrogens with zero attached hydrogens (tertiary/aromatic N) is 3. The number of ether oxygens (including phenoxy) is 1. The molecule has 18 heavy (non-hydrogen) atoms. The molecule has 1 heterocycles. The zero-order valence-corrected chi connectivity index (χ0v) is 10.6. The number of hydrogen-bond donors (Lipinski definition) is 1. The number of esters is 1. The average molecular weight is 252 g/mol. The van der Waals surface area contributed by atoms with Crippen LogP contribution in [-0.2, 0) is 9.53 Å². The molecule has 7 nitrogen and oxygen atoms in total. The highest BCUT2D eigenvalue weighted by Gasteiger charge is 2.16. The van der Waals surface area contributed by atoms with Crippen molar-refractivity contribution in [3.05, 3.63) is 18.2 Å². The second-order valence-corrected chi connectivity index (χ2v) is 4.56. The zero-order chi connectivity index (χ0) is 13.6. The highest BCUT2D eigenvalue weighted by Crippen LogP contribution is 2.07. The van der Waals surface area contributed by atoms with Crippen LogP contribution in [0.4, 0.5) is 0 Å². The van der Waals surface area contributed by atoms with Crippen molar-refractivity contribution in [3.63, 3.8) is 0 Å². The first kappa shape index (κ1) is 14.0. The SMILES string of the molecule is CC(C)(C)OC(=O)CCNC(=O)c1nccnn1. The Morgan fingerprint density at radius 2 is 2.06 bits per heavy atom. The van der Waals surface area contributed by atoms with Gasteiger partial charge in [-0.15, -0.1) is 5.10 Å². The Labute approximate surface area is 105 Å². The van der Waals surface area contributed by atoms with Crippen molar-refractivity contribution in [2.24, 2.45) is 0 Å². The van der Waals surface area contributed by atoms with E-state index in [-0.39, 0.29) is 24.8 Å². The molecule has 0 fully saturated rings. The number of aromatic nitrogens is 3. The highest BCUT2D eigenvalue weighted by atomic mass is 16.6. The Balaban J connectivity index is 2.30. The van der Waals surface area contributed by atoms with Crippen molar-refractivity contribution in [1.29, 1.82) is 0 Å². The summed E-state index contributed by atoms with van der Waals surface area (Å²) >= 11 is 0. The third-order valence-electron chi connectivity index (χ3n) is 1.72. The lowest BCUT2D eigenvalue weighted by Crippen LogP contribution is -2.30. The van der Waals surface area contributed by atoms with Gasteiger partial charge in [-0.1, -0.05) is 0 Å². The van der Waals surface area contributed by atoms with Crippen LogP contribution < -0.4 is 5.32 Å². The minimum Gasteiger partial charge on any atom is -0.460 e. The lowest BCUT2D eigenvalue weighted by Gasteiger charge is -2.19. The summed E-state index contributed by atoms with van der Waals surface area (Å²) in [6, 6.07) is 0. The molecule has 7 heteroatoms. The van der Waals surface area contributed by atoms with Crippen molar-refractivity contribution in [2.45, 2.75) is 32.8 Å². The van der Waals surface area contributed by atoms with E-state index in [2.05, 4.69) is 20.5 Å². The first-order valence-electron chi connectivity index (χ1n) is 5.52. The first-order chi connectivity index (χ1) is 8.38. The van der Waals surface area contributed by atoms with Crippen molar-refractivity contribution < 1.29 is 14.3 Å². The molecule has 0 saturated heterocycles. The molecule has 1 aromatic rings. The van der Waals surface area contributed by atoms with E-state index in [1.165, 1.54) is 12.4 Å². The van der Waals surface area contributed by atoms with E-state index < -0.39 is 11.5 Å². The van der Waals surface area contributed by atoms with Crippen LogP contribution in [0.1, 0.15) is 37.8 Å². The molecule has 0 unspecified atom stereocenters. The van der Waals surface area contributed by atoms with Gasteiger partial charge in [0.1, 0.15) is 5.60 Å². The second-order valence-electron chi connectivity index (χ2n) is 4.56. The maximum Gasteiger partial charge on any atom is 0.308 e. The molecule has 0 aromatic carbocycles. The summed E-state index contributed by atoms with van der Waals surface area (Å²) in [5.74, 6) is -0.858. The van der Waals surface area contributed by atoms with Crippen molar-refractivity contribution in [1.82, 2.24) is 20.5 Å². The van der Waals surface area contributed by atoms with Crippen LogP contribution in [0.15, 0.2) is 12.4 Å². The maximum absolute atomic E-state index is 11.5. The van der Waals surface area contributed by atoms with Gasteiger partial charge in [0.25, 0.3) is 5.91 Å². The molecule has 1 rings (SSSR count). The maximum atomic E-state index is 11.5. The van der Waals surface area contributed by atoms with Crippen LogP contribution in [0, 0.1) is 0 Å². The van der Waals surface area contributed by atoms with Crippen LogP contribution in [0.25, 0.3) is 0 Å². The lowest BCUT2D eigenvalue weighted by atomic mass is 10.2. The monoisotopic (exact) mass is 252 g/mol. The second kappa shape index (κ2) is 6.04. The molecule has 0 atom stereocenters. The van der Waals surface area contributed by atoms with E-state index in [4.69, 9.17) is 4.74 Å². The van der Waals surface area contributed by atoms with E-state index in [1.54, 1.807) is 20.8 Å². The summed E-state index contributed by atoms with van der Waals surface area (Å²) in [6.45, 7) is 5.53. The molecule has 0 radical (unpaired) electrons. The Kier molecular flexibility index (Phi) is 4.70. The fraction of sp³-hybridized carbons (Fsp3) is 0.545. The predicted molar refractivity (Wildman–Crippen MR) is 62.6 cm³/mol. The molecule has 0 aliphatic heterocycles. The van der Waals surface area contributed by atoms with Gasteiger partial charge in [0.2, 0.25) is 5.82 Å². The summed E-state index contributed by atoms with van der Waals surface area (Å²) in [4.78, 5) is 26.6. The van der Waals surface area contributed by atoms with E-state index in [0.717, 1.165) is 0 Å². The predicted octanol–water partition coefficient (Wildman–Crippen LogP) is 0.333. The summed E-state index contributed by atoms with van der Waals surface area (Å²) in [7, 11) is 0. The van der Waals surface area contributed by atoms with Crippen LogP contribution in [0.5, 0.6) is 0 Å². The molecular formula is C11H16N4O3. The molecule has 98 valence electrons. The number of carbonyl (C=O) groups is 2. The molecular weight excluding hydrogens is 236 g/mol. The average Bonchev–Trinajstić information content (AvgIpc) is 2.27. The molecule has 1 aromatic heterocycles.